The Bertz CT molecular complexity index is 693. The zero-order chi connectivity index (χ0) is 20.4. The maximum Gasteiger partial charge on any atom is 0.240 e. The summed E-state index contributed by atoms with van der Waals surface area (Å²) >= 11 is 1.59. The van der Waals surface area contributed by atoms with E-state index >= 15 is 0 Å². The lowest BCUT2D eigenvalue weighted by Crippen LogP contribution is -2.42. The fraction of sp³-hybridized carbons (Fsp3) is 0.524. The lowest BCUT2D eigenvalue weighted by Gasteiger charge is -2.29. The van der Waals surface area contributed by atoms with E-state index in [1.165, 1.54) is 6.42 Å². The quantitative estimate of drug-likeness (QED) is 0.606. The first kappa shape index (κ1) is 22.5. The second-order valence-corrected chi connectivity index (χ2v) is 7.75. The molecule has 0 heterocycles. The number of carbonyl (C=O) groups excluding carboxylic acids is 2. The van der Waals surface area contributed by atoms with Gasteiger partial charge in [0.05, 0.1) is 25.4 Å². The molecule has 0 spiro atoms. The number of carbonyl (C=O) groups is 2. The number of thioether (sulfide) groups is 1. The van der Waals surface area contributed by atoms with Crippen LogP contribution >= 0.6 is 11.8 Å². The van der Waals surface area contributed by atoms with Gasteiger partial charge in [0, 0.05) is 24.2 Å². The van der Waals surface area contributed by atoms with Crippen molar-refractivity contribution >= 4 is 29.3 Å². The Morgan fingerprint density at radius 1 is 1.21 bits per heavy atom. The predicted molar refractivity (Wildman–Crippen MR) is 114 cm³/mol. The minimum absolute atomic E-state index is 0.00464. The number of nitrogens with one attached hydrogen (secondary N) is 1. The molecular formula is C21H31N3O3S. The molecule has 0 atom stereocenters. The second-order valence-electron chi connectivity index (χ2n) is 6.90. The Morgan fingerprint density at radius 2 is 2.00 bits per heavy atom. The van der Waals surface area contributed by atoms with E-state index in [-0.39, 0.29) is 24.9 Å². The molecule has 0 radical (unpaired) electrons. The summed E-state index contributed by atoms with van der Waals surface area (Å²) in [7, 11) is 3.43. The van der Waals surface area contributed by atoms with Crippen LogP contribution < -0.4 is 5.32 Å². The number of allylic oxidation sites excluding steroid dienone is 2. The van der Waals surface area contributed by atoms with Crippen LogP contribution in [0.1, 0.15) is 25.7 Å². The Morgan fingerprint density at radius 3 is 2.68 bits per heavy atom. The lowest BCUT2D eigenvalue weighted by molar-refractivity contribution is -0.131. The highest BCUT2D eigenvalue weighted by Gasteiger charge is 2.21. The normalized spacial score (nSPS) is 13.9. The molecule has 1 aromatic carbocycles. The van der Waals surface area contributed by atoms with E-state index in [1.807, 2.05) is 35.4 Å². The summed E-state index contributed by atoms with van der Waals surface area (Å²) in [6.07, 6.45) is 8.35. The first-order valence-corrected chi connectivity index (χ1v) is 10.9. The highest BCUT2D eigenvalue weighted by molar-refractivity contribution is 7.98. The molecule has 154 valence electrons. The van der Waals surface area contributed by atoms with Gasteiger partial charge in [-0.1, -0.05) is 18.2 Å². The van der Waals surface area contributed by atoms with Gasteiger partial charge >= 0.3 is 0 Å². The third kappa shape index (κ3) is 6.96. The molecule has 0 saturated carbocycles. The van der Waals surface area contributed by atoms with Crippen LogP contribution in [0.5, 0.6) is 0 Å². The SMILES string of the molecule is COCCN(C(=O)CN(C)CC(=O)Nc1ccccc1SC)C1=CCCCC1. The first-order valence-electron chi connectivity index (χ1n) is 9.65. The van der Waals surface area contributed by atoms with E-state index < -0.39 is 0 Å². The highest BCUT2D eigenvalue weighted by Crippen LogP contribution is 2.24. The van der Waals surface area contributed by atoms with Crippen molar-refractivity contribution < 1.29 is 14.3 Å². The molecule has 1 aliphatic carbocycles. The molecule has 1 aromatic rings. The topological polar surface area (TPSA) is 61.9 Å². The van der Waals surface area contributed by atoms with Crippen molar-refractivity contribution in [1.82, 2.24) is 9.80 Å². The van der Waals surface area contributed by atoms with Gasteiger partial charge < -0.3 is 15.0 Å². The van der Waals surface area contributed by atoms with Gasteiger partial charge in [-0.25, -0.2) is 0 Å². The van der Waals surface area contributed by atoms with Crippen molar-refractivity contribution in [2.75, 3.05) is 52.0 Å². The van der Waals surface area contributed by atoms with E-state index in [0.29, 0.717) is 13.2 Å². The molecule has 1 aliphatic rings. The summed E-state index contributed by atoms with van der Waals surface area (Å²) < 4.78 is 5.17. The number of rotatable bonds is 10. The number of likely N-dealkylation sites (N-methyl/N-ethyl adjacent to an activating group) is 1. The van der Waals surface area contributed by atoms with E-state index in [4.69, 9.17) is 4.74 Å². The largest absolute Gasteiger partial charge is 0.383 e. The summed E-state index contributed by atoms with van der Waals surface area (Å²) in [5.74, 6) is -0.123. The molecular weight excluding hydrogens is 374 g/mol. The zero-order valence-electron chi connectivity index (χ0n) is 17.1. The third-order valence-electron chi connectivity index (χ3n) is 4.63. The smallest absolute Gasteiger partial charge is 0.240 e. The molecule has 0 unspecified atom stereocenters. The van der Waals surface area contributed by atoms with Gasteiger partial charge in [-0.2, -0.15) is 0 Å². The maximum atomic E-state index is 12.9. The zero-order valence-corrected chi connectivity index (χ0v) is 17.9. The van der Waals surface area contributed by atoms with Crippen LogP contribution in [0.3, 0.4) is 0 Å². The number of hydrogen-bond donors (Lipinski definition) is 1. The van der Waals surface area contributed by atoms with Crippen molar-refractivity contribution in [3.8, 4) is 0 Å². The number of hydrogen-bond acceptors (Lipinski definition) is 5. The highest BCUT2D eigenvalue weighted by atomic mass is 32.2. The molecule has 0 bridgehead atoms. The van der Waals surface area contributed by atoms with Crippen molar-refractivity contribution in [2.24, 2.45) is 0 Å². The van der Waals surface area contributed by atoms with E-state index in [9.17, 15) is 9.59 Å². The van der Waals surface area contributed by atoms with Gasteiger partial charge in [-0.3, -0.25) is 14.5 Å². The molecule has 2 rings (SSSR count). The van der Waals surface area contributed by atoms with Crippen LogP contribution in [0.2, 0.25) is 0 Å². The maximum absolute atomic E-state index is 12.9. The van der Waals surface area contributed by atoms with Crippen LogP contribution in [0.25, 0.3) is 0 Å². The van der Waals surface area contributed by atoms with Gasteiger partial charge in [-0.05, 0) is 51.1 Å². The van der Waals surface area contributed by atoms with Crippen LogP contribution in [-0.4, -0.2) is 68.3 Å². The Hall–Kier alpha value is -1.83. The van der Waals surface area contributed by atoms with Crippen LogP contribution in [0.15, 0.2) is 40.9 Å². The molecule has 6 nitrogen and oxygen atoms in total. The molecule has 0 aliphatic heterocycles. The lowest BCUT2D eigenvalue weighted by atomic mass is 10.0. The summed E-state index contributed by atoms with van der Waals surface area (Å²) in [6, 6.07) is 7.70. The molecule has 2 amide bonds. The molecule has 7 heteroatoms. The number of methoxy groups -OCH3 is 1. The van der Waals surface area contributed by atoms with Gasteiger partial charge in [0.15, 0.2) is 0 Å². The molecule has 28 heavy (non-hydrogen) atoms. The third-order valence-corrected chi connectivity index (χ3v) is 5.43. The van der Waals surface area contributed by atoms with Gasteiger partial charge in [0.25, 0.3) is 0 Å². The summed E-state index contributed by atoms with van der Waals surface area (Å²) in [5.41, 5.74) is 1.88. The van der Waals surface area contributed by atoms with Crippen LogP contribution in [0, 0.1) is 0 Å². The fourth-order valence-electron chi connectivity index (χ4n) is 3.23. The van der Waals surface area contributed by atoms with Crippen molar-refractivity contribution in [2.45, 2.75) is 30.6 Å². The first-order chi connectivity index (χ1) is 13.5. The second kappa shape index (κ2) is 11.9. The minimum atomic E-state index is -0.128. The Balaban J connectivity index is 1.91. The minimum Gasteiger partial charge on any atom is -0.383 e. The average Bonchev–Trinajstić information content (AvgIpc) is 2.69. The van der Waals surface area contributed by atoms with E-state index in [1.54, 1.807) is 30.8 Å². The van der Waals surface area contributed by atoms with Gasteiger partial charge in [0.2, 0.25) is 11.8 Å². The molecule has 1 N–H and O–H groups in total. The number of nitrogens with zero attached hydrogens (tertiary/aromatic N) is 2. The van der Waals surface area contributed by atoms with E-state index in [0.717, 1.165) is 35.5 Å². The van der Waals surface area contributed by atoms with Crippen molar-refractivity contribution in [1.29, 1.82) is 0 Å². The predicted octanol–water partition coefficient (Wildman–Crippen LogP) is 3.21. The Labute approximate surface area is 172 Å². The number of para-hydroxylation sites is 1. The van der Waals surface area contributed by atoms with Crippen molar-refractivity contribution in [3.63, 3.8) is 0 Å². The number of amides is 2. The summed E-state index contributed by atoms with van der Waals surface area (Å²) in [4.78, 5) is 29.8. The standard InChI is InChI=1S/C21H31N3O3S/c1-23(15-20(25)22-18-11-7-8-12-19(18)28-3)16-21(26)24(13-14-27-2)17-9-5-4-6-10-17/h7-9,11-12H,4-6,10,13-16H2,1-3H3,(H,22,25). The number of anilines is 1. The summed E-state index contributed by atoms with van der Waals surface area (Å²) in [5, 5.41) is 2.93. The molecule has 0 saturated heterocycles. The fourth-order valence-corrected chi connectivity index (χ4v) is 3.79. The number of benzene rings is 1. The van der Waals surface area contributed by atoms with E-state index in [2.05, 4.69) is 11.4 Å². The monoisotopic (exact) mass is 405 g/mol. The van der Waals surface area contributed by atoms with Crippen LogP contribution in [0.4, 0.5) is 5.69 Å². The number of ether oxygens (including phenoxy) is 1. The van der Waals surface area contributed by atoms with Gasteiger partial charge in [0.1, 0.15) is 0 Å². The van der Waals surface area contributed by atoms with Crippen LogP contribution in [-0.2, 0) is 14.3 Å². The van der Waals surface area contributed by atoms with Gasteiger partial charge in [-0.15, -0.1) is 11.8 Å². The Kier molecular flexibility index (Phi) is 9.54. The average molecular weight is 406 g/mol. The summed E-state index contributed by atoms with van der Waals surface area (Å²) in [6.45, 7) is 1.39. The molecule has 0 fully saturated rings. The van der Waals surface area contributed by atoms with Crippen molar-refractivity contribution in [3.05, 3.63) is 36.0 Å². The molecule has 0 aromatic heterocycles.